The van der Waals surface area contributed by atoms with Gasteiger partial charge in [0.25, 0.3) is 11.8 Å². The summed E-state index contributed by atoms with van der Waals surface area (Å²) in [7, 11) is 0. The van der Waals surface area contributed by atoms with Crippen molar-refractivity contribution in [1.29, 1.82) is 0 Å². The zero-order valence-electron chi connectivity index (χ0n) is 19.2. The maximum absolute atomic E-state index is 13.6. The molecule has 4 aromatic rings. The highest BCUT2D eigenvalue weighted by Crippen LogP contribution is 2.31. The molecule has 0 aromatic heterocycles. The lowest BCUT2D eigenvalue weighted by atomic mass is 9.92. The highest BCUT2D eigenvalue weighted by atomic mass is 79.9. The molecule has 0 aliphatic carbocycles. The van der Waals surface area contributed by atoms with Gasteiger partial charge in [0, 0.05) is 9.50 Å². The van der Waals surface area contributed by atoms with Crippen molar-refractivity contribution in [1.82, 2.24) is 5.32 Å². The molecule has 4 aromatic carbocycles. The van der Waals surface area contributed by atoms with E-state index in [-0.39, 0.29) is 5.57 Å². The van der Waals surface area contributed by atoms with E-state index in [0.717, 1.165) is 36.8 Å². The molecule has 5 rings (SSSR count). The first-order valence-electron chi connectivity index (χ1n) is 11.2. The number of carbonyl (C=O) groups is 3. The molecule has 1 fully saturated rings. The number of halogens is 2. The van der Waals surface area contributed by atoms with Crippen LogP contribution in [-0.2, 0) is 16.0 Å². The second-order valence-electron chi connectivity index (χ2n) is 8.52. The van der Waals surface area contributed by atoms with Crippen LogP contribution in [0.3, 0.4) is 0 Å². The van der Waals surface area contributed by atoms with Gasteiger partial charge in [0.15, 0.2) is 0 Å². The van der Waals surface area contributed by atoms with Crippen molar-refractivity contribution < 1.29 is 14.4 Å². The minimum atomic E-state index is -0.807. The Morgan fingerprint density at radius 2 is 1.67 bits per heavy atom. The first kappa shape index (κ1) is 24.0. The molecule has 0 bridgehead atoms. The fourth-order valence-electron chi connectivity index (χ4n) is 4.36. The van der Waals surface area contributed by atoms with Crippen LogP contribution in [0, 0.1) is 6.92 Å². The number of benzene rings is 4. The van der Waals surface area contributed by atoms with E-state index in [0.29, 0.717) is 22.7 Å². The summed E-state index contributed by atoms with van der Waals surface area (Å²) in [6, 6.07) is 23.9. The smallest absolute Gasteiger partial charge is 0.273 e. The molecule has 0 atom stereocenters. The Labute approximate surface area is 221 Å². The van der Waals surface area contributed by atoms with Crippen LogP contribution in [-0.4, -0.2) is 17.8 Å². The van der Waals surface area contributed by atoms with Crippen molar-refractivity contribution in [3.05, 3.63) is 116 Å². The number of hydrogen-bond acceptors (Lipinski definition) is 3. The number of amides is 4. The number of barbiturate groups is 1. The van der Waals surface area contributed by atoms with Crippen molar-refractivity contribution in [2.75, 3.05) is 4.90 Å². The predicted molar refractivity (Wildman–Crippen MR) is 146 cm³/mol. The number of nitrogens with one attached hydrogen (secondary N) is 1. The number of carbonyl (C=O) groups excluding carboxylic acids is 3. The lowest BCUT2D eigenvalue weighted by Crippen LogP contribution is -2.54. The molecule has 0 saturated carbocycles. The van der Waals surface area contributed by atoms with Crippen LogP contribution in [0.4, 0.5) is 10.5 Å². The van der Waals surface area contributed by atoms with Crippen molar-refractivity contribution in [3.63, 3.8) is 0 Å². The van der Waals surface area contributed by atoms with Gasteiger partial charge in [0.05, 0.1) is 5.69 Å². The monoisotopic (exact) mass is 558 g/mol. The normalized spacial score (nSPS) is 15.0. The summed E-state index contributed by atoms with van der Waals surface area (Å²) in [5.41, 5.74) is 3.64. The van der Waals surface area contributed by atoms with E-state index in [2.05, 4.69) is 21.2 Å². The average molecular weight is 560 g/mol. The third-order valence-corrected chi connectivity index (χ3v) is 7.21. The zero-order valence-corrected chi connectivity index (χ0v) is 21.6. The van der Waals surface area contributed by atoms with Gasteiger partial charge >= 0.3 is 6.03 Å². The maximum Gasteiger partial charge on any atom is 0.335 e. The topological polar surface area (TPSA) is 66.5 Å². The van der Waals surface area contributed by atoms with Crippen molar-refractivity contribution in [3.8, 4) is 0 Å². The highest BCUT2D eigenvalue weighted by Gasteiger charge is 2.37. The zero-order chi connectivity index (χ0) is 25.4. The third kappa shape index (κ3) is 4.45. The molecule has 178 valence electrons. The summed E-state index contributed by atoms with van der Waals surface area (Å²) in [6.07, 6.45) is 2.17. The van der Waals surface area contributed by atoms with Gasteiger partial charge in [-0.3, -0.25) is 14.9 Å². The van der Waals surface area contributed by atoms with E-state index < -0.39 is 17.8 Å². The SMILES string of the molecule is Cc1ccc(Cl)cc1N1C(=O)NC(=O)/C(=C\c2c(Cc3ccccc3Br)ccc3ccccc23)C1=O. The number of aryl methyl sites for hydroxylation is 1. The number of imide groups is 2. The van der Waals surface area contributed by atoms with Gasteiger partial charge in [-0.15, -0.1) is 0 Å². The second-order valence-corrected chi connectivity index (χ2v) is 9.81. The van der Waals surface area contributed by atoms with Crippen molar-refractivity contribution in [2.24, 2.45) is 0 Å². The van der Waals surface area contributed by atoms with Crippen LogP contribution in [0.25, 0.3) is 16.8 Å². The molecule has 1 heterocycles. The molecular weight excluding hydrogens is 540 g/mol. The van der Waals surface area contributed by atoms with E-state index in [1.807, 2.05) is 60.7 Å². The number of nitrogens with zero attached hydrogens (tertiary/aromatic N) is 1. The fourth-order valence-corrected chi connectivity index (χ4v) is 4.95. The van der Waals surface area contributed by atoms with Gasteiger partial charge in [-0.05, 0) is 70.6 Å². The van der Waals surface area contributed by atoms with Crippen LogP contribution in [0.15, 0.2) is 88.9 Å². The van der Waals surface area contributed by atoms with Crippen LogP contribution >= 0.6 is 27.5 Å². The number of urea groups is 1. The van der Waals surface area contributed by atoms with Crippen LogP contribution in [0.5, 0.6) is 0 Å². The van der Waals surface area contributed by atoms with Crippen LogP contribution in [0.1, 0.15) is 22.3 Å². The summed E-state index contributed by atoms with van der Waals surface area (Å²) in [6.45, 7) is 1.77. The minimum Gasteiger partial charge on any atom is -0.273 e. The molecule has 4 amide bonds. The fraction of sp³-hybridized carbons (Fsp3) is 0.0690. The lowest BCUT2D eigenvalue weighted by Gasteiger charge is -2.28. The number of anilines is 1. The van der Waals surface area contributed by atoms with Gasteiger partial charge in [0.1, 0.15) is 5.57 Å². The van der Waals surface area contributed by atoms with Crippen LogP contribution in [0.2, 0.25) is 5.02 Å². The lowest BCUT2D eigenvalue weighted by molar-refractivity contribution is -0.122. The molecule has 1 N–H and O–H groups in total. The van der Waals surface area contributed by atoms with Gasteiger partial charge in [-0.25, -0.2) is 9.69 Å². The molecule has 1 aliphatic rings. The Hall–Kier alpha value is -3.74. The summed E-state index contributed by atoms with van der Waals surface area (Å²) in [5, 5.41) is 4.56. The van der Waals surface area contributed by atoms with Gasteiger partial charge in [-0.1, -0.05) is 88.2 Å². The third-order valence-electron chi connectivity index (χ3n) is 6.20. The Kier molecular flexibility index (Phi) is 6.48. The van der Waals surface area contributed by atoms with Gasteiger partial charge in [0.2, 0.25) is 0 Å². The van der Waals surface area contributed by atoms with E-state index in [4.69, 9.17) is 11.6 Å². The molecule has 1 saturated heterocycles. The first-order chi connectivity index (χ1) is 17.3. The van der Waals surface area contributed by atoms with Gasteiger partial charge < -0.3 is 0 Å². The number of rotatable bonds is 4. The first-order valence-corrected chi connectivity index (χ1v) is 12.4. The van der Waals surface area contributed by atoms with E-state index in [1.165, 1.54) is 6.07 Å². The second kappa shape index (κ2) is 9.72. The highest BCUT2D eigenvalue weighted by molar-refractivity contribution is 9.10. The quantitative estimate of drug-likeness (QED) is 0.220. The van der Waals surface area contributed by atoms with Crippen molar-refractivity contribution in [2.45, 2.75) is 13.3 Å². The molecule has 0 spiro atoms. The molecular formula is C29H20BrClN2O3. The van der Waals surface area contributed by atoms with Gasteiger partial charge in [-0.2, -0.15) is 0 Å². The molecule has 7 heteroatoms. The summed E-state index contributed by atoms with van der Waals surface area (Å²) < 4.78 is 0.969. The number of hydrogen-bond donors (Lipinski definition) is 1. The Morgan fingerprint density at radius 1 is 0.917 bits per heavy atom. The predicted octanol–water partition coefficient (Wildman–Crippen LogP) is 6.82. The minimum absolute atomic E-state index is 0.126. The molecule has 0 unspecified atom stereocenters. The molecule has 36 heavy (non-hydrogen) atoms. The number of fused-ring (bicyclic) bond motifs is 1. The van der Waals surface area contributed by atoms with E-state index in [9.17, 15) is 14.4 Å². The Balaban J connectivity index is 1.67. The Morgan fingerprint density at radius 3 is 2.47 bits per heavy atom. The summed E-state index contributed by atoms with van der Waals surface area (Å²) >= 11 is 9.76. The molecule has 1 aliphatic heterocycles. The molecule has 0 radical (unpaired) electrons. The van der Waals surface area contributed by atoms with Crippen LogP contribution < -0.4 is 10.2 Å². The molecule has 5 nitrogen and oxygen atoms in total. The standard InChI is InChI=1S/C29H20BrClN2O3/c1-17-10-13-21(31)15-26(17)33-28(35)24(27(34)32-29(33)36)16-23-19(14-20-7-3-5-9-25(20)30)12-11-18-6-2-4-8-22(18)23/h2-13,15-16H,14H2,1H3,(H,32,34,36)/b24-16+. The average Bonchev–Trinajstić information content (AvgIpc) is 2.86. The Bertz CT molecular complexity index is 1600. The summed E-state index contributed by atoms with van der Waals surface area (Å²) in [5.74, 6) is -1.44. The summed E-state index contributed by atoms with van der Waals surface area (Å²) in [4.78, 5) is 40.2. The van der Waals surface area contributed by atoms with Crippen molar-refractivity contribution >= 4 is 67.9 Å². The largest absolute Gasteiger partial charge is 0.335 e. The van der Waals surface area contributed by atoms with E-state index in [1.54, 1.807) is 25.1 Å². The maximum atomic E-state index is 13.6. The van der Waals surface area contributed by atoms with E-state index >= 15 is 0 Å².